The van der Waals surface area contributed by atoms with Crippen LogP contribution in [0.2, 0.25) is 0 Å². The van der Waals surface area contributed by atoms with Crippen molar-refractivity contribution in [1.82, 2.24) is 9.55 Å². The van der Waals surface area contributed by atoms with E-state index in [2.05, 4.69) is 15.6 Å². The lowest BCUT2D eigenvalue weighted by Gasteiger charge is -2.16. The summed E-state index contributed by atoms with van der Waals surface area (Å²) in [5, 5.41) is 4.65. The number of anilines is 2. The minimum Gasteiger partial charge on any atom is -0.486 e. The highest BCUT2D eigenvalue weighted by molar-refractivity contribution is 5.94. The summed E-state index contributed by atoms with van der Waals surface area (Å²) in [5.74, 6) is -0.120. The van der Waals surface area contributed by atoms with Crippen LogP contribution in [0.1, 0.15) is 18.3 Å². The smallest absolute Gasteiger partial charge is 0.418 e. The first-order chi connectivity index (χ1) is 16.7. The van der Waals surface area contributed by atoms with Gasteiger partial charge in [0.1, 0.15) is 24.7 Å². The first-order valence-corrected chi connectivity index (χ1v) is 10.6. The standard InChI is InChI=1S/C25H21F3N4O3/c1-16(33)29-17-11-12-20(19(13-17)25(26,27)28)31-24(34)14-32-22-10-6-5-9-21(22)30-23(32)15-35-18-7-3-2-4-8-18/h2-13H,14-15H2,1H3,(H,29,33)(H,31,34). The normalized spacial score (nSPS) is 11.3. The summed E-state index contributed by atoms with van der Waals surface area (Å²) in [6.07, 6.45) is -4.74. The Kier molecular flexibility index (Phi) is 6.72. The molecule has 180 valence electrons. The molecular weight excluding hydrogens is 461 g/mol. The van der Waals surface area contributed by atoms with Crippen LogP contribution in [0, 0.1) is 0 Å². The number of carbonyl (C=O) groups is 2. The van der Waals surface area contributed by atoms with Crippen molar-refractivity contribution in [2.75, 3.05) is 10.6 Å². The monoisotopic (exact) mass is 482 g/mol. The molecule has 0 saturated heterocycles. The summed E-state index contributed by atoms with van der Waals surface area (Å²) in [7, 11) is 0. The van der Waals surface area contributed by atoms with Gasteiger partial charge in [-0.05, 0) is 42.5 Å². The Bertz CT molecular complexity index is 1370. The average molecular weight is 482 g/mol. The maximum Gasteiger partial charge on any atom is 0.418 e. The van der Waals surface area contributed by atoms with Gasteiger partial charge in [0.15, 0.2) is 0 Å². The molecule has 35 heavy (non-hydrogen) atoms. The minimum atomic E-state index is -4.74. The molecule has 4 aromatic rings. The molecule has 0 aliphatic heterocycles. The van der Waals surface area contributed by atoms with Crippen molar-refractivity contribution in [2.45, 2.75) is 26.3 Å². The zero-order valence-electron chi connectivity index (χ0n) is 18.6. The zero-order valence-corrected chi connectivity index (χ0v) is 18.6. The highest BCUT2D eigenvalue weighted by Gasteiger charge is 2.34. The molecule has 0 saturated carbocycles. The third-order valence-corrected chi connectivity index (χ3v) is 5.07. The van der Waals surface area contributed by atoms with Crippen LogP contribution in [-0.2, 0) is 28.9 Å². The Morgan fingerprint density at radius 1 is 0.971 bits per heavy atom. The van der Waals surface area contributed by atoms with E-state index >= 15 is 0 Å². The van der Waals surface area contributed by atoms with Gasteiger partial charge < -0.3 is 19.9 Å². The van der Waals surface area contributed by atoms with E-state index in [1.807, 2.05) is 18.2 Å². The Morgan fingerprint density at radius 3 is 2.40 bits per heavy atom. The number of benzene rings is 3. The Hall–Kier alpha value is -4.34. The molecule has 4 rings (SSSR count). The van der Waals surface area contributed by atoms with Gasteiger partial charge in [0.05, 0.1) is 22.3 Å². The molecule has 0 atom stereocenters. The van der Waals surface area contributed by atoms with Crippen molar-refractivity contribution in [3.8, 4) is 5.75 Å². The molecule has 10 heteroatoms. The fourth-order valence-electron chi connectivity index (χ4n) is 3.58. The number of hydrogen-bond acceptors (Lipinski definition) is 4. The van der Waals surface area contributed by atoms with E-state index in [4.69, 9.17) is 4.74 Å². The molecule has 0 fully saturated rings. The average Bonchev–Trinajstić information content (AvgIpc) is 3.15. The highest BCUT2D eigenvalue weighted by atomic mass is 19.4. The molecule has 0 aliphatic rings. The zero-order chi connectivity index (χ0) is 25.0. The van der Waals surface area contributed by atoms with E-state index < -0.39 is 29.2 Å². The number of nitrogens with zero attached hydrogens (tertiary/aromatic N) is 2. The predicted octanol–water partition coefficient (Wildman–Crippen LogP) is 5.23. The minimum absolute atomic E-state index is 0.0243. The van der Waals surface area contributed by atoms with Gasteiger partial charge in [0.25, 0.3) is 0 Å². The third-order valence-electron chi connectivity index (χ3n) is 5.07. The van der Waals surface area contributed by atoms with E-state index in [1.165, 1.54) is 13.0 Å². The number of fused-ring (bicyclic) bond motifs is 1. The van der Waals surface area contributed by atoms with Crippen LogP contribution in [0.5, 0.6) is 5.75 Å². The van der Waals surface area contributed by atoms with Crippen LogP contribution >= 0.6 is 0 Å². The molecule has 0 spiro atoms. The summed E-state index contributed by atoms with van der Waals surface area (Å²) in [4.78, 5) is 28.6. The van der Waals surface area contributed by atoms with E-state index in [-0.39, 0.29) is 18.8 Å². The van der Waals surface area contributed by atoms with E-state index in [9.17, 15) is 22.8 Å². The summed E-state index contributed by atoms with van der Waals surface area (Å²) in [6, 6.07) is 19.4. The highest BCUT2D eigenvalue weighted by Crippen LogP contribution is 2.36. The Morgan fingerprint density at radius 2 is 1.69 bits per heavy atom. The number of aromatic nitrogens is 2. The molecule has 0 aliphatic carbocycles. The Balaban J connectivity index is 1.59. The summed E-state index contributed by atoms with van der Waals surface area (Å²) >= 11 is 0. The molecule has 7 nitrogen and oxygen atoms in total. The van der Waals surface area contributed by atoms with E-state index in [0.29, 0.717) is 22.6 Å². The number of imidazole rings is 1. The molecule has 0 radical (unpaired) electrons. The molecule has 0 unspecified atom stereocenters. The van der Waals surface area contributed by atoms with Gasteiger partial charge in [-0.3, -0.25) is 9.59 Å². The van der Waals surface area contributed by atoms with Gasteiger partial charge in [0, 0.05) is 12.6 Å². The van der Waals surface area contributed by atoms with E-state index in [1.54, 1.807) is 41.0 Å². The van der Waals surface area contributed by atoms with Gasteiger partial charge in [-0.15, -0.1) is 0 Å². The number of nitrogens with one attached hydrogen (secondary N) is 2. The van der Waals surface area contributed by atoms with Gasteiger partial charge in [0.2, 0.25) is 11.8 Å². The van der Waals surface area contributed by atoms with Crippen molar-refractivity contribution in [3.63, 3.8) is 0 Å². The molecule has 2 amide bonds. The number of hydrogen-bond donors (Lipinski definition) is 2. The number of halogens is 3. The molecule has 1 heterocycles. The molecule has 1 aromatic heterocycles. The molecule has 3 aromatic carbocycles. The number of carbonyl (C=O) groups excluding carboxylic acids is 2. The van der Waals surface area contributed by atoms with Gasteiger partial charge >= 0.3 is 6.18 Å². The fraction of sp³-hybridized carbons (Fsp3) is 0.160. The van der Waals surface area contributed by atoms with Crippen LogP contribution in [0.4, 0.5) is 24.5 Å². The van der Waals surface area contributed by atoms with Crippen molar-refractivity contribution >= 4 is 34.2 Å². The second-order valence-corrected chi connectivity index (χ2v) is 7.69. The first kappa shape index (κ1) is 23.8. The third kappa shape index (κ3) is 5.78. The van der Waals surface area contributed by atoms with Crippen LogP contribution in [0.15, 0.2) is 72.8 Å². The number of amides is 2. The first-order valence-electron chi connectivity index (χ1n) is 10.6. The fourth-order valence-corrected chi connectivity index (χ4v) is 3.58. The van der Waals surface area contributed by atoms with Gasteiger partial charge in [-0.1, -0.05) is 30.3 Å². The lowest BCUT2D eigenvalue weighted by atomic mass is 10.1. The SMILES string of the molecule is CC(=O)Nc1ccc(NC(=O)Cn2c(COc3ccccc3)nc3ccccc32)c(C(F)(F)F)c1. The van der Waals surface area contributed by atoms with Crippen LogP contribution in [-0.4, -0.2) is 21.4 Å². The number of ether oxygens (including phenoxy) is 1. The second-order valence-electron chi connectivity index (χ2n) is 7.69. The largest absolute Gasteiger partial charge is 0.486 e. The Labute approximate surface area is 198 Å². The van der Waals surface area contributed by atoms with Crippen LogP contribution < -0.4 is 15.4 Å². The lowest BCUT2D eigenvalue weighted by molar-refractivity contribution is -0.137. The van der Waals surface area contributed by atoms with Crippen LogP contribution in [0.3, 0.4) is 0 Å². The summed E-state index contributed by atoms with van der Waals surface area (Å²) in [5.41, 5.74) is -0.235. The maximum absolute atomic E-state index is 13.6. The molecule has 2 N–H and O–H groups in total. The van der Waals surface area contributed by atoms with Crippen molar-refractivity contribution < 1.29 is 27.5 Å². The molecular formula is C25H21F3N4O3. The predicted molar refractivity (Wildman–Crippen MR) is 125 cm³/mol. The number of alkyl halides is 3. The van der Waals surface area contributed by atoms with Crippen molar-refractivity contribution in [1.29, 1.82) is 0 Å². The topological polar surface area (TPSA) is 85.2 Å². The maximum atomic E-state index is 13.6. The van der Waals surface area contributed by atoms with Crippen molar-refractivity contribution in [3.05, 3.63) is 84.2 Å². The van der Waals surface area contributed by atoms with Gasteiger partial charge in [-0.2, -0.15) is 13.2 Å². The number of para-hydroxylation sites is 3. The molecule has 0 bridgehead atoms. The summed E-state index contributed by atoms with van der Waals surface area (Å²) in [6.45, 7) is 0.974. The van der Waals surface area contributed by atoms with Crippen LogP contribution in [0.25, 0.3) is 11.0 Å². The quantitative estimate of drug-likeness (QED) is 0.378. The lowest BCUT2D eigenvalue weighted by Crippen LogP contribution is -2.23. The van der Waals surface area contributed by atoms with Crippen molar-refractivity contribution in [2.24, 2.45) is 0 Å². The number of rotatable bonds is 7. The second kappa shape index (κ2) is 9.88. The van der Waals surface area contributed by atoms with E-state index in [0.717, 1.165) is 12.1 Å². The summed E-state index contributed by atoms with van der Waals surface area (Å²) < 4.78 is 48.3. The van der Waals surface area contributed by atoms with Gasteiger partial charge in [-0.25, -0.2) is 4.98 Å².